The predicted molar refractivity (Wildman–Crippen MR) is 93.4 cm³/mol. The lowest BCUT2D eigenvalue weighted by atomic mass is 9.71. The molecule has 0 fully saturated rings. The maximum absolute atomic E-state index is 2.35. The molecule has 0 aromatic rings. The van der Waals surface area contributed by atoms with Crippen molar-refractivity contribution in [1.29, 1.82) is 0 Å². The van der Waals surface area contributed by atoms with Gasteiger partial charge in [-0.2, -0.15) is 0 Å². The van der Waals surface area contributed by atoms with E-state index in [1.165, 1.54) is 89.9 Å². The summed E-state index contributed by atoms with van der Waals surface area (Å²) in [6.45, 7) is 9.36. The Morgan fingerprint density at radius 3 is 1.15 bits per heavy atom. The van der Waals surface area contributed by atoms with Gasteiger partial charge in [-0.25, -0.2) is 0 Å². The van der Waals surface area contributed by atoms with Crippen LogP contribution in [-0.2, 0) is 0 Å². The minimum atomic E-state index is 0. The fourth-order valence-electron chi connectivity index (χ4n) is 3.33. The van der Waals surface area contributed by atoms with Crippen molar-refractivity contribution in [3.63, 3.8) is 0 Å². The summed E-state index contributed by atoms with van der Waals surface area (Å²) in [5, 5.41) is 0. The van der Waals surface area contributed by atoms with E-state index in [2.05, 4.69) is 27.7 Å². The molecule has 0 aliphatic carbocycles. The van der Waals surface area contributed by atoms with Gasteiger partial charge in [0, 0.05) is 0 Å². The van der Waals surface area contributed by atoms with Crippen LogP contribution in [0.5, 0.6) is 0 Å². The second-order valence-corrected chi connectivity index (χ2v) is 6.62. The zero-order valence-corrected chi connectivity index (χ0v) is 14.9. The van der Waals surface area contributed by atoms with E-state index in [-0.39, 0.29) is 5.48 Å². The van der Waals surface area contributed by atoms with E-state index < -0.39 is 0 Å². The lowest BCUT2D eigenvalue weighted by Crippen LogP contribution is -2.21. The van der Waals surface area contributed by atoms with Gasteiger partial charge in [-0.1, -0.05) is 91.9 Å². The van der Waals surface area contributed by atoms with Crippen molar-refractivity contribution in [2.45, 2.75) is 118 Å². The summed E-state index contributed by atoms with van der Waals surface area (Å²) < 4.78 is 0. The van der Waals surface area contributed by atoms with Crippen molar-refractivity contribution in [2.75, 3.05) is 0 Å². The molecule has 1 nitrogen and oxygen atoms in total. The van der Waals surface area contributed by atoms with Crippen LogP contribution in [0, 0.1) is 5.41 Å². The van der Waals surface area contributed by atoms with Crippen molar-refractivity contribution in [3.8, 4) is 0 Å². The Balaban J connectivity index is 0. The molecule has 0 aliphatic rings. The van der Waals surface area contributed by atoms with Crippen molar-refractivity contribution in [2.24, 2.45) is 5.41 Å². The monoisotopic (exact) mass is 286 g/mol. The Labute approximate surface area is 129 Å². The zero-order chi connectivity index (χ0) is 14.4. The van der Waals surface area contributed by atoms with Gasteiger partial charge in [0.05, 0.1) is 0 Å². The molecule has 0 saturated heterocycles. The first-order valence-corrected chi connectivity index (χ1v) is 9.24. The maximum atomic E-state index is 2.35. The molecule has 0 heterocycles. The number of hydrogen-bond donors (Lipinski definition) is 0. The molecule has 0 spiro atoms. The number of unbranched alkanes of at least 4 members (excludes halogenated alkanes) is 6. The third kappa shape index (κ3) is 10.7. The molecular weight excluding hydrogens is 244 g/mol. The van der Waals surface area contributed by atoms with Crippen LogP contribution in [0.25, 0.3) is 0 Å². The summed E-state index contributed by atoms with van der Waals surface area (Å²) >= 11 is 0. The first-order valence-electron chi connectivity index (χ1n) is 9.24. The Hall–Kier alpha value is -0.0400. The van der Waals surface area contributed by atoms with E-state index >= 15 is 0 Å². The first kappa shape index (κ1) is 22.2. The minimum absolute atomic E-state index is 0. The van der Waals surface area contributed by atoms with E-state index in [1.807, 2.05) is 0 Å². The van der Waals surface area contributed by atoms with Crippen LogP contribution >= 0.6 is 0 Å². The van der Waals surface area contributed by atoms with Gasteiger partial charge in [-0.05, 0) is 31.1 Å². The standard InChI is InChI=1S/C19H40.H2O/c1-5-9-13-14-18-19(15-10-6-2,16-11-7-3)17-12-8-4;/h5-18H2,1-4H3;1H2. The largest absolute Gasteiger partial charge is 0.412 e. The Morgan fingerprint density at radius 1 is 0.450 bits per heavy atom. The lowest BCUT2D eigenvalue weighted by Gasteiger charge is -2.35. The summed E-state index contributed by atoms with van der Waals surface area (Å²) in [5.74, 6) is 0. The summed E-state index contributed by atoms with van der Waals surface area (Å²) in [7, 11) is 0. The van der Waals surface area contributed by atoms with Gasteiger partial charge in [-0.15, -0.1) is 0 Å². The average Bonchev–Trinajstić information content (AvgIpc) is 2.44. The van der Waals surface area contributed by atoms with E-state index in [0.29, 0.717) is 5.41 Å². The molecule has 0 radical (unpaired) electrons. The van der Waals surface area contributed by atoms with Crippen LogP contribution in [0.4, 0.5) is 0 Å². The van der Waals surface area contributed by atoms with Crippen LogP contribution in [0.2, 0.25) is 0 Å². The summed E-state index contributed by atoms with van der Waals surface area (Å²) in [5.41, 5.74) is 0.704. The number of rotatable bonds is 14. The highest BCUT2D eigenvalue weighted by atomic mass is 16.0. The molecular formula is C19H42O. The lowest BCUT2D eigenvalue weighted by molar-refractivity contribution is 0.176. The highest BCUT2D eigenvalue weighted by molar-refractivity contribution is 4.79. The summed E-state index contributed by atoms with van der Waals surface area (Å²) in [6, 6.07) is 0. The maximum Gasteiger partial charge on any atom is -0.0297 e. The van der Waals surface area contributed by atoms with Crippen LogP contribution < -0.4 is 0 Å². The molecule has 0 unspecified atom stereocenters. The van der Waals surface area contributed by atoms with Gasteiger partial charge >= 0.3 is 0 Å². The fraction of sp³-hybridized carbons (Fsp3) is 1.00. The molecule has 20 heavy (non-hydrogen) atoms. The van der Waals surface area contributed by atoms with Gasteiger partial charge in [0.15, 0.2) is 0 Å². The van der Waals surface area contributed by atoms with Crippen LogP contribution in [0.3, 0.4) is 0 Å². The van der Waals surface area contributed by atoms with Gasteiger partial charge < -0.3 is 5.48 Å². The molecule has 0 amide bonds. The molecule has 0 saturated carbocycles. The smallest absolute Gasteiger partial charge is 0.0297 e. The van der Waals surface area contributed by atoms with Crippen molar-refractivity contribution < 1.29 is 5.48 Å². The van der Waals surface area contributed by atoms with Gasteiger partial charge in [-0.3, -0.25) is 0 Å². The van der Waals surface area contributed by atoms with E-state index in [4.69, 9.17) is 0 Å². The topological polar surface area (TPSA) is 31.5 Å². The molecule has 0 aromatic heterocycles. The fourth-order valence-corrected chi connectivity index (χ4v) is 3.33. The molecule has 0 rings (SSSR count). The third-order valence-corrected chi connectivity index (χ3v) is 4.74. The van der Waals surface area contributed by atoms with E-state index in [1.54, 1.807) is 0 Å². The molecule has 1 heteroatoms. The quantitative estimate of drug-likeness (QED) is 0.319. The Kier molecular flexibility index (Phi) is 17.1. The molecule has 0 atom stereocenters. The van der Waals surface area contributed by atoms with E-state index in [0.717, 1.165) is 0 Å². The van der Waals surface area contributed by atoms with Crippen molar-refractivity contribution in [3.05, 3.63) is 0 Å². The summed E-state index contributed by atoms with van der Waals surface area (Å²) in [6.07, 6.45) is 20.2. The van der Waals surface area contributed by atoms with Gasteiger partial charge in [0.25, 0.3) is 0 Å². The highest BCUT2D eigenvalue weighted by Gasteiger charge is 2.27. The SMILES string of the molecule is CCCCCCC(CCCC)(CCCC)CCCC.O. The average molecular weight is 287 g/mol. The van der Waals surface area contributed by atoms with Crippen molar-refractivity contribution in [1.82, 2.24) is 0 Å². The third-order valence-electron chi connectivity index (χ3n) is 4.74. The minimum Gasteiger partial charge on any atom is -0.412 e. The van der Waals surface area contributed by atoms with Gasteiger partial charge in [0.2, 0.25) is 0 Å². The highest BCUT2D eigenvalue weighted by Crippen LogP contribution is 2.41. The van der Waals surface area contributed by atoms with E-state index in [9.17, 15) is 0 Å². The Morgan fingerprint density at radius 2 is 0.800 bits per heavy atom. The first-order chi connectivity index (χ1) is 9.24. The van der Waals surface area contributed by atoms with Crippen LogP contribution in [-0.4, -0.2) is 5.48 Å². The Bertz CT molecular complexity index is 155. The van der Waals surface area contributed by atoms with Crippen molar-refractivity contribution >= 4 is 0 Å². The van der Waals surface area contributed by atoms with Gasteiger partial charge in [0.1, 0.15) is 0 Å². The van der Waals surface area contributed by atoms with Crippen LogP contribution in [0.1, 0.15) is 118 Å². The molecule has 0 aliphatic heterocycles. The van der Waals surface area contributed by atoms with Crippen LogP contribution in [0.15, 0.2) is 0 Å². The molecule has 124 valence electrons. The normalized spacial score (nSPS) is 11.4. The number of hydrogen-bond acceptors (Lipinski definition) is 0. The molecule has 2 N–H and O–H groups in total. The predicted octanol–water partition coefficient (Wildman–Crippen LogP) is 6.69. The zero-order valence-electron chi connectivity index (χ0n) is 14.9. The summed E-state index contributed by atoms with van der Waals surface area (Å²) in [4.78, 5) is 0. The molecule has 0 bridgehead atoms. The molecule has 0 aromatic carbocycles. The second kappa shape index (κ2) is 15.4. The second-order valence-electron chi connectivity index (χ2n) is 6.62.